The number of nitrogens with zero attached hydrogens (tertiary/aromatic N) is 1. The number of primary amides is 1. The minimum atomic E-state index is -0.252. The minimum Gasteiger partial charge on any atom is -0.396 e. The van der Waals surface area contributed by atoms with Crippen molar-refractivity contribution >= 4 is 5.91 Å². The van der Waals surface area contributed by atoms with Gasteiger partial charge in [0, 0.05) is 38.6 Å². The van der Waals surface area contributed by atoms with Gasteiger partial charge in [-0.1, -0.05) is 0 Å². The SMILES string of the molecule is NC(=O)CCN1CC(CO)C1. The predicted molar refractivity (Wildman–Crippen MR) is 40.8 cm³/mol. The molecule has 1 saturated heterocycles. The van der Waals surface area contributed by atoms with E-state index in [4.69, 9.17) is 10.8 Å². The van der Waals surface area contributed by atoms with E-state index in [1.165, 1.54) is 0 Å². The zero-order chi connectivity index (χ0) is 8.27. The Morgan fingerprint density at radius 3 is 2.73 bits per heavy atom. The van der Waals surface area contributed by atoms with E-state index in [2.05, 4.69) is 4.90 Å². The highest BCUT2D eigenvalue weighted by Crippen LogP contribution is 2.13. The Labute approximate surface area is 66.0 Å². The van der Waals surface area contributed by atoms with Crippen LogP contribution in [0.3, 0.4) is 0 Å². The molecule has 0 aromatic heterocycles. The first kappa shape index (κ1) is 8.49. The van der Waals surface area contributed by atoms with Crippen LogP contribution in [-0.2, 0) is 4.79 Å². The fourth-order valence-corrected chi connectivity index (χ4v) is 1.24. The molecule has 1 aliphatic heterocycles. The van der Waals surface area contributed by atoms with Gasteiger partial charge < -0.3 is 15.7 Å². The number of hydrogen-bond donors (Lipinski definition) is 2. The highest BCUT2D eigenvalue weighted by molar-refractivity contribution is 5.73. The maximum Gasteiger partial charge on any atom is 0.218 e. The lowest BCUT2D eigenvalue weighted by molar-refractivity contribution is -0.118. The normalized spacial score (nSPS) is 19.7. The molecule has 1 fully saturated rings. The number of likely N-dealkylation sites (tertiary alicyclic amines) is 1. The van der Waals surface area contributed by atoms with E-state index in [9.17, 15) is 4.79 Å². The van der Waals surface area contributed by atoms with Crippen LogP contribution in [0.15, 0.2) is 0 Å². The molecule has 0 saturated carbocycles. The Morgan fingerprint density at radius 2 is 2.27 bits per heavy atom. The topological polar surface area (TPSA) is 66.6 Å². The van der Waals surface area contributed by atoms with Gasteiger partial charge in [-0.15, -0.1) is 0 Å². The Morgan fingerprint density at radius 1 is 1.64 bits per heavy atom. The standard InChI is InChI=1S/C7H14N2O2/c8-7(11)1-2-9-3-6(4-9)5-10/h6,10H,1-5H2,(H2,8,11). The van der Waals surface area contributed by atoms with E-state index in [-0.39, 0.29) is 12.5 Å². The number of carbonyl (C=O) groups excluding carboxylic acids is 1. The van der Waals surface area contributed by atoms with Gasteiger partial charge in [-0.2, -0.15) is 0 Å². The van der Waals surface area contributed by atoms with Crippen LogP contribution in [0.1, 0.15) is 6.42 Å². The van der Waals surface area contributed by atoms with Crippen molar-refractivity contribution in [2.45, 2.75) is 6.42 Å². The summed E-state index contributed by atoms with van der Waals surface area (Å²) in [6.07, 6.45) is 0.429. The van der Waals surface area contributed by atoms with E-state index < -0.39 is 0 Å². The van der Waals surface area contributed by atoms with E-state index in [0.717, 1.165) is 19.6 Å². The van der Waals surface area contributed by atoms with Gasteiger partial charge >= 0.3 is 0 Å². The molecule has 0 atom stereocenters. The molecule has 1 aliphatic rings. The van der Waals surface area contributed by atoms with Crippen LogP contribution in [0.5, 0.6) is 0 Å². The largest absolute Gasteiger partial charge is 0.396 e. The first-order valence-electron chi connectivity index (χ1n) is 3.84. The lowest BCUT2D eigenvalue weighted by Crippen LogP contribution is -2.49. The van der Waals surface area contributed by atoms with Crippen molar-refractivity contribution in [3.8, 4) is 0 Å². The number of carbonyl (C=O) groups is 1. The van der Waals surface area contributed by atoms with E-state index in [0.29, 0.717) is 12.3 Å². The van der Waals surface area contributed by atoms with Crippen molar-refractivity contribution in [1.29, 1.82) is 0 Å². The van der Waals surface area contributed by atoms with Gasteiger partial charge in [-0.25, -0.2) is 0 Å². The molecule has 0 unspecified atom stereocenters. The van der Waals surface area contributed by atoms with Gasteiger partial charge in [0.25, 0.3) is 0 Å². The van der Waals surface area contributed by atoms with Crippen LogP contribution in [0, 0.1) is 5.92 Å². The van der Waals surface area contributed by atoms with E-state index in [1.54, 1.807) is 0 Å². The zero-order valence-electron chi connectivity index (χ0n) is 6.49. The first-order chi connectivity index (χ1) is 5.22. The molecule has 4 heteroatoms. The number of aliphatic hydroxyl groups excluding tert-OH is 1. The van der Waals surface area contributed by atoms with Gasteiger partial charge in [0.05, 0.1) is 0 Å². The summed E-state index contributed by atoms with van der Waals surface area (Å²) in [6.45, 7) is 2.81. The second kappa shape index (κ2) is 3.69. The molecule has 1 amide bonds. The number of amides is 1. The third-order valence-electron chi connectivity index (χ3n) is 1.97. The lowest BCUT2D eigenvalue weighted by atomic mass is 10.0. The highest BCUT2D eigenvalue weighted by atomic mass is 16.3. The Kier molecular flexibility index (Phi) is 2.84. The van der Waals surface area contributed by atoms with Gasteiger partial charge in [0.15, 0.2) is 0 Å². The average Bonchev–Trinajstić information content (AvgIpc) is 1.84. The Hall–Kier alpha value is -0.610. The summed E-state index contributed by atoms with van der Waals surface area (Å²) >= 11 is 0. The first-order valence-corrected chi connectivity index (χ1v) is 3.84. The molecule has 1 rings (SSSR count). The van der Waals surface area contributed by atoms with E-state index in [1.807, 2.05) is 0 Å². The molecule has 0 bridgehead atoms. The molecule has 11 heavy (non-hydrogen) atoms. The molecule has 1 heterocycles. The molecular formula is C7H14N2O2. The number of hydrogen-bond acceptors (Lipinski definition) is 3. The fraction of sp³-hybridized carbons (Fsp3) is 0.857. The quantitative estimate of drug-likeness (QED) is 0.539. The molecule has 3 N–H and O–H groups in total. The Bertz CT molecular complexity index is 143. The smallest absolute Gasteiger partial charge is 0.218 e. The van der Waals surface area contributed by atoms with Crippen molar-refractivity contribution in [3.63, 3.8) is 0 Å². The summed E-state index contributed by atoms with van der Waals surface area (Å²) in [4.78, 5) is 12.5. The van der Waals surface area contributed by atoms with Crippen LogP contribution in [0.4, 0.5) is 0 Å². The summed E-state index contributed by atoms with van der Waals surface area (Å²) in [5.74, 6) is 0.167. The summed E-state index contributed by atoms with van der Waals surface area (Å²) in [5, 5.41) is 8.66. The molecule has 0 aromatic carbocycles. The molecule has 64 valence electrons. The summed E-state index contributed by atoms with van der Waals surface area (Å²) in [5.41, 5.74) is 4.97. The molecule has 0 aromatic rings. The predicted octanol–water partition coefficient (Wildman–Crippen LogP) is -1.21. The van der Waals surface area contributed by atoms with Crippen LogP contribution >= 0.6 is 0 Å². The van der Waals surface area contributed by atoms with Crippen molar-refractivity contribution < 1.29 is 9.90 Å². The molecule has 4 nitrogen and oxygen atoms in total. The summed E-state index contributed by atoms with van der Waals surface area (Å²) < 4.78 is 0. The molecule has 0 spiro atoms. The number of rotatable bonds is 4. The third kappa shape index (κ3) is 2.48. The van der Waals surface area contributed by atoms with Crippen LogP contribution < -0.4 is 5.73 Å². The average molecular weight is 158 g/mol. The van der Waals surface area contributed by atoms with Crippen LogP contribution in [0.25, 0.3) is 0 Å². The highest BCUT2D eigenvalue weighted by Gasteiger charge is 2.25. The number of nitrogens with two attached hydrogens (primary N) is 1. The lowest BCUT2D eigenvalue weighted by Gasteiger charge is -2.37. The maximum absolute atomic E-state index is 10.3. The monoisotopic (exact) mass is 158 g/mol. The Balaban J connectivity index is 2.00. The van der Waals surface area contributed by atoms with Crippen LogP contribution in [-0.4, -0.2) is 42.2 Å². The van der Waals surface area contributed by atoms with Gasteiger partial charge in [0.2, 0.25) is 5.91 Å². The summed E-state index contributed by atoms with van der Waals surface area (Å²) in [7, 11) is 0. The molecule has 0 radical (unpaired) electrons. The fourth-order valence-electron chi connectivity index (χ4n) is 1.24. The van der Waals surface area contributed by atoms with Crippen molar-refractivity contribution in [2.24, 2.45) is 11.7 Å². The van der Waals surface area contributed by atoms with Crippen molar-refractivity contribution in [2.75, 3.05) is 26.2 Å². The maximum atomic E-state index is 10.3. The second-order valence-electron chi connectivity index (χ2n) is 3.02. The van der Waals surface area contributed by atoms with Crippen molar-refractivity contribution in [1.82, 2.24) is 4.90 Å². The second-order valence-corrected chi connectivity index (χ2v) is 3.02. The van der Waals surface area contributed by atoms with Gasteiger partial charge in [-0.3, -0.25) is 4.79 Å². The van der Waals surface area contributed by atoms with Gasteiger partial charge in [-0.05, 0) is 0 Å². The molecule has 0 aliphatic carbocycles. The van der Waals surface area contributed by atoms with E-state index >= 15 is 0 Å². The zero-order valence-corrected chi connectivity index (χ0v) is 6.49. The van der Waals surface area contributed by atoms with Gasteiger partial charge in [0.1, 0.15) is 0 Å². The molecular weight excluding hydrogens is 144 g/mol. The third-order valence-corrected chi connectivity index (χ3v) is 1.97. The van der Waals surface area contributed by atoms with Crippen LogP contribution in [0.2, 0.25) is 0 Å². The number of aliphatic hydroxyl groups is 1. The minimum absolute atomic E-state index is 0.252. The summed E-state index contributed by atoms with van der Waals surface area (Å²) in [6, 6.07) is 0. The van der Waals surface area contributed by atoms with Crippen molar-refractivity contribution in [3.05, 3.63) is 0 Å².